The Morgan fingerprint density at radius 1 is 0.484 bits per heavy atom. The van der Waals surface area contributed by atoms with Crippen molar-refractivity contribution in [1.82, 2.24) is 0 Å². The van der Waals surface area contributed by atoms with Crippen molar-refractivity contribution in [3.05, 3.63) is 219 Å². The largest absolute Gasteiger partial charge is 0.147 e. The van der Waals surface area contributed by atoms with Crippen LogP contribution in [0.25, 0.3) is 54.9 Å². The molecule has 0 saturated heterocycles. The quantitative estimate of drug-likeness (QED) is 0.146. The maximum atomic E-state index is 2.62. The predicted octanol–water partition coefficient (Wildman–Crippen LogP) is 15.7. The Labute approximate surface area is 388 Å². The molecular formula is C59H54Cl2Hf. The minimum absolute atomic E-state index is 0. The van der Waals surface area contributed by atoms with Crippen LogP contribution >= 0.6 is 24.8 Å². The molecule has 3 heteroatoms. The van der Waals surface area contributed by atoms with Crippen LogP contribution in [0.2, 0.25) is 0 Å². The predicted molar refractivity (Wildman–Crippen MR) is 270 cm³/mol. The van der Waals surface area contributed by atoms with Gasteiger partial charge < -0.3 is 0 Å². The number of fused-ring (bicyclic) bond motifs is 5. The smallest absolute Gasteiger partial charge is 0.147 e. The van der Waals surface area contributed by atoms with Crippen LogP contribution in [-0.2, 0) is 38.2 Å². The normalized spacial score (nSPS) is 13.0. The van der Waals surface area contributed by atoms with Gasteiger partial charge in [-0.25, -0.2) is 0 Å². The van der Waals surface area contributed by atoms with Gasteiger partial charge in [-0.05, 0) is 0 Å². The first kappa shape index (κ1) is 43.7. The number of benzene rings is 8. The Kier molecular flexibility index (Phi) is 12.2. The van der Waals surface area contributed by atoms with Gasteiger partial charge in [-0.3, -0.25) is 0 Å². The molecule has 0 N–H and O–H groups in total. The molecule has 0 spiro atoms. The molecule has 0 unspecified atom stereocenters. The fourth-order valence-electron chi connectivity index (χ4n) is 9.85. The molecule has 0 amide bonds. The molecule has 8 aromatic rings. The minimum atomic E-state index is -3.46. The molecule has 0 heterocycles. The maximum Gasteiger partial charge on any atom is -0.147 e. The van der Waals surface area contributed by atoms with E-state index in [2.05, 4.69) is 224 Å². The first-order valence-corrected chi connectivity index (χ1v) is 27.0. The number of rotatable bonds is 6. The van der Waals surface area contributed by atoms with Crippen LogP contribution in [0.4, 0.5) is 0 Å². The van der Waals surface area contributed by atoms with E-state index in [1.165, 1.54) is 82.7 Å². The van der Waals surface area contributed by atoms with Crippen molar-refractivity contribution in [2.75, 3.05) is 0 Å². The Morgan fingerprint density at radius 2 is 1.00 bits per heavy atom. The van der Waals surface area contributed by atoms with E-state index in [1.54, 1.807) is 15.5 Å². The van der Waals surface area contributed by atoms with Crippen LogP contribution in [0.3, 0.4) is 0 Å². The molecule has 0 atom stereocenters. The van der Waals surface area contributed by atoms with E-state index in [0.29, 0.717) is 0 Å². The summed E-state index contributed by atoms with van der Waals surface area (Å²) in [6, 6.07) is 62.6. The molecule has 8 aromatic carbocycles. The molecule has 2 aliphatic carbocycles. The third-order valence-corrected chi connectivity index (χ3v) is 24.1. The number of hydrogen-bond donors (Lipinski definition) is 0. The Morgan fingerprint density at radius 3 is 1.53 bits per heavy atom. The second kappa shape index (κ2) is 17.3. The number of halogens is 2. The monoisotopic (exact) mass is 1010 g/mol. The van der Waals surface area contributed by atoms with Crippen molar-refractivity contribution in [2.24, 2.45) is 0 Å². The second-order valence-corrected chi connectivity index (χ2v) is 27.5. The summed E-state index contributed by atoms with van der Waals surface area (Å²) >= 11 is -3.46. The van der Waals surface area contributed by atoms with E-state index >= 15 is 0 Å². The van der Waals surface area contributed by atoms with Gasteiger partial charge in [-0.2, -0.15) is 0 Å². The molecule has 0 fully saturated rings. The zero-order chi connectivity index (χ0) is 41.2. The van der Waals surface area contributed by atoms with Crippen molar-refractivity contribution in [1.29, 1.82) is 0 Å². The molecule has 0 nitrogen and oxygen atoms in total. The number of allylic oxidation sites excluding steroid dienone is 4. The standard InChI is InChI=1S/C33H33.C21H14.C5H5.2ClH.Hf/c1-32(2,3)30-20-26-24(18-28(30)22-13-9-7-10-14-22)17-25-19-29(23-15-11-8-12-16-23)31(21-27(25)26)33(4,5)6;1-3-7-20-14-16(9-11-18(20)5-1)13-17-10-12-19-6-2-4-8-21(19)15-17;1-2-4-5-3-1;;;/h7-16,18,20-21H,17H2,1-6H3;1-12,14-15H;1-3H,4H2;2*1H;. The van der Waals surface area contributed by atoms with Gasteiger partial charge in [0.1, 0.15) is 0 Å². The van der Waals surface area contributed by atoms with Crippen LogP contribution in [0.5, 0.6) is 0 Å². The molecule has 308 valence electrons. The molecule has 2 aliphatic rings. The summed E-state index contributed by atoms with van der Waals surface area (Å²) in [6.07, 6.45) is 9.21. The van der Waals surface area contributed by atoms with Crippen LogP contribution < -0.4 is 3.32 Å². The second-order valence-electron chi connectivity index (χ2n) is 18.9. The molecule has 0 bridgehead atoms. The summed E-state index contributed by atoms with van der Waals surface area (Å²) in [4.78, 5) is 0. The first-order chi connectivity index (χ1) is 29.0. The van der Waals surface area contributed by atoms with Gasteiger partial charge in [-0.15, -0.1) is 24.8 Å². The van der Waals surface area contributed by atoms with Crippen LogP contribution in [0.1, 0.15) is 81.3 Å². The minimum Gasteiger partial charge on any atom is -0.147 e. The van der Waals surface area contributed by atoms with E-state index in [9.17, 15) is 0 Å². The van der Waals surface area contributed by atoms with Crippen molar-refractivity contribution >= 4 is 52.9 Å². The Balaban J connectivity index is 0.00000264. The van der Waals surface area contributed by atoms with Gasteiger partial charge in [0.15, 0.2) is 0 Å². The van der Waals surface area contributed by atoms with Gasteiger partial charge in [-0.1, -0.05) is 0 Å². The van der Waals surface area contributed by atoms with E-state index in [4.69, 9.17) is 0 Å². The zero-order valence-corrected chi connectivity index (χ0v) is 41.8. The zero-order valence-electron chi connectivity index (χ0n) is 36.6. The molecule has 0 saturated carbocycles. The maximum absolute atomic E-state index is 3.46. The van der Waals surface area contributed by atoms with Crippen molar-refractivity contribution in [3.8, 4) is 33.4 Å². The van der Waals surface area contributed by atoms with E-state index in [-0.39, 0.29) is 35.6 Å². The van der Waals surface area contributed by atoms with Gasteiger partial charge in [0.2, 0.25) is 0 Å². The van der Waals surface area contributed by atoms with Crippen molar-refractivity contribution < 1.29 is 21.0 Å². The summed E-state index contributed by atoms with van der Waals surface area (Å²) in [5.74, 6) is 0. The molecule has 62 heavy (non-hydrogen) atoms. The van der Waals surface area contributed by atoms with Gasteiger partial charge in [0.25, 0.3) is 0 Å². The number of hydrogen-bond acceptors (Lipinski definition) is 0. The Hall–Kier alpha value is -4.92. The molecule has 0 aliphatic heterocycles. The average Bonchev–Trinajstić information content (AvgIpc) is 3.93. The summed E-state index contributed by atoms with van der Waals surface area (Å²) in [6.45, 7) is 14.4. The van der Waals surface area contributed by atoms with Crippen molar-refractivity contribution in [3.63, 3.8) is 0 Å². The topological polar surface area (TPSA) is 0 Å². The van der Waals surface area contributed by atoms with Crippen LogP contribution in [0, 0.1) is 0 Å². The SMILES string of the molecule is CC(C)(C)c1cc2c(cc1-c1ccccc1)Cc1c-2cc(C(C)(C)C)c(-c2ccccc2)[c]1[Hf]([C]1=CC=CC1)=[C](c1ccc2ccccc2c1)c1ccc2ccccc2c1.Cl.Cl. The first-order valence-electron chi connectivity index (χ1n) is 21.6. The third kappa shape index (κ3) is 7.98. The van der Waals surface area contributed by atoms with Gasteiger partial charge in [0.05, 0.1) is 0 Å². The molecule has 0 aromatic heterocycles. The molecular weight excluding hydrogens is 958 g/mol. The Bertz CT molecular complexity index is 3000. The molecule has 10 rings (SSSR count). The van der Waals surface area contributed by atoms with E-state index < -0.39 is 21.0 Å². The third-order valence-electron chi connectivity index (χ3n) is 12.8. The fraction of sp³-hybridized carbons (Fsp3) is 0.169. The summed E-state index contributed by atoms with van der Waals surface area (Å²) < 4.78 is 4.89. The van der Waals surface area contributed by atoms with Crippen LogP contribution in [-0.4, -0.2) is 3.26 Å². The average molecular weight is 1010 g/mol. The van der Waals surface area contributed by atoms with Gasteiger partial charge >= 0.3 is 366 Å². The summed E-state index contributed by atoms with van der Waals surface area (Å²) in [5, 5.41) is 5.16. The summed E-state index contributed by atoms with van der Waals surface area (Å²) in [7, 11) is 0. The summed E-state index contributed by atoms with van der Waals surface area (Å²) in [5.41, 5.74) is 16.8. The van der Waals surface area contributed by atoms with Gasteiger partial charge in [0, 0.05) is 0 Å². The fourth-order valence-corrected chi connectivity index (χ4v) is 22.1. The van der Waals surface area contributed by atoms with Crippen LogP contribution in [0.15, 0.2) is 185 Å². The molecule has 0 radical (unpaired) electrons. The van der Waals surface area contributed by atoms with Crippen molar-refractivity contribution in [2.45, 2.75) is 65.2 Å². The van der Waals surface area contributed by atoms with E-state index in [0.717, 1.165) is 12.8 Å². The van der Waals surface area contributed by atoms with E-state index in [1.807, 2.05) is 0 Å².